The number of halogens is 1. The molecule has 0 unspecified atom stereocenters. The van der Waals surface area contributed by atoms with Gasteiger partial charge in [0.15, 0.2) is 0 Å². The highest BCUT2D eigenvalue weighted by atomic mass is 79.9. The van der Waals surface area contributed by atoms with Crippen LogP contribution in [0.5, 0.6) is 0 Å². The Morgan fingerprint density at radius 1 is 1.14 bits per heavy atom. The summed E-state index contributed by atoms with van der Waals surface area (Å²) in [5.74, 6) is 0. The topological polar surface area (TPSA) is 18.5 Å². The minimum Gasteiger partial charge on any atom is -0.368 e. The number of rotatable bonds is 4. The molecule has 1 saturated carbocycles. The molecule has 116 valence electrons. The van der Waals surface area contributed by atoms with Crippen LogP contribution in [0.3, 0.4) is 0 Å². The van der Waals surface area contributed by atoms with Gasteiger partial charge in [0.05, 0.1) is 5.69 Å². The van der Waals surface area contributed by atoms with Crippen molar-refractivity contribution in [2.75, 3.05) is 38.1 Å². The Hall–Kier alpha value is -0.580. The fourth-order valence-corrected chi connectivity index (χ4v) is 4.40. The van der Waals surface area contributed by atoms with Crippen LogP contribution in [0.1, 0.15) is 31.2 Å². The van der Waals surface area contributed by atoms with Crippen LogP contribution in [0.15, 0.2) is 22.7 Å². The van der Waals surface area contributed by atoms with Crippen LogP contribution < -0.4 is 10.2 Å². The van der Waals surface area contributed by atoms with E-state index >= 15 is 0 Å². The molecule has 0 atom stereocenters. The number of piperazine rings is 1. The van der Waals surface area contributed by atoms with E-state index in [2.05, 4.69) is 49.2 Å². The third-order valence-corrected chi connectivity index (χ3v) is 5.52. The van der Waals surface area contributed by atoms with Crippen molar-refractivity contribution in [2.45, 2.75) is 38.3 Å². The maximum absolute atomic E-state index is 3.75. The van der Waals surface area contributed by atoms with Crippen molar-refractivity contribution < 1.29 is 0 Å². The number of anilines is 1. The van der Waals surface area contributed by atoms with Crippen molar-refractivity contribution >= 4 is 21.6 Å². The van der Waals surface area contributed by atoms with Crippen molar-refractivity contribution in [3.05, 3.63) is 28.2 Å². The lowest BCUT2D eigenvalue weighted by atomic mass is 10.1. The molecule has 4 heteroatoms. The Morgan fingerprint density at radius 2 is 1.86 bits per heavy atom. The van der Waals surface area contributed by atoms with Gasteiger partial charge in [0.1, 0.15) is 0 Å². The molecular weight excluding hydrogens is 326 g/mol. The molecule has 0 bridgehead atoms. The number of nitrogens with zero attached hydrogens (tertiary/aromatic N) is 2. The maximum Gasteiger partial charge on any atom is 0.0511 e. The highest BCUT2D eigenvalue weighted by Crippen LogP contribution is 2.30. The van der Waals surface area contributed by atoms with E-state index in [4.69, 9.17) is 0 Å². The summed E-state index contributed by atoms with van der Waals surface area (Å²) in [6.07, 6.45) is 5.71. The van der Waals surface area contributed by atoms with Gasteiger partial charge < -0.3 is 10.2 Å². The standard InChI is InChI=1S/C17H26BrN3/c1-19-13-14-6-7-17(16(18)12-14)21-10-8-20(9-11-21)15-4-2-3-5-15/h6-7,12,15,19H,2-5,8-11,13H2,1H3. The maximum atomic E-state index is 3.75. The van der Waals surface area contributed by atoms with E-state index in [1.165, 1.54) is 54.5 Å². The molecule has 1 saturated heterocycles. The summed E-state index contributed by atoms with van der Waals surface area (Å²) in [7, 11) is 1.99. The van der Waals surface area contributed by atoms with E-state index in [0.29, 0.717) is 0 Å². The molecule has 0 amide bonds. The SMILES string of the molecule is CNCc1ccc(N2CCN(C3CCCC3)CC2)c(Br)c1. The molecule has 1 aromatic rings. The van der Waals surface area contributed by atoms with Gasteiger partial charge in [-0.1, -0.05) is 18.9 Å². The quantitative estimate of drug-likeness (QED) is 0.898. The lowest BCUT2D eigenvalue weighted by Gasteiger charge is -2.39. The van der Waals surface area contributed by atoms with Gasteiger partial charge in [-0.3, -0.25) is 4.90 Å². The van der Waals surface area contributed by atoms with Crippen molar-refractivity contribution in [1.82, 2.24) is 10.2 Å². The monoisotopic (exact) mass is 351 g/mol. The first kappa shape index (κ1) is 15.3. The molecule has 0 radical (unpaired) electrons. The van der Waals surface area contributed by atoms with E-state index < -0.39 is 0 Å². The predicted molar refractivity (Wildman–Crippen MR) is 92.9 cm³/mol. The fourth-order valence-electron chi connectivity index (χ4n) is 3.72. The van der Waals surface area contributed by atoms with Crippen LogP contribution in [0.4, 0.5) is 5.69 Å². The lowest BCUT2D eigenvalue weighted by Crippen LogP contribution is -2.49. The summed E-state index contributed by atoms with van der Waals surface area (Å²) in [5.41, 5.74) is 2.68. The highest BCUT2D eigenvalue weighted by Gasteiger charge is 2.26. The molecule has 1 aliphatic carbocycles. The number of benzene rings is 1. The highest BCUT2D eigenvalue weighted by molar-refractivity contribution is 9.10. The Labute approximate surface area is 136 Å². The van der Waals surface area contributed by atoms with Crippen molar-refractivity contribution in [1.29, 1.82) is 0 Å². The second kappa shape index (κ2) is 7.12. The van der Waals surface area contributed by atoms with Gasteiger partial charge in [-0.2, -0.15) is 0 Å². The fraction of sp³-hybridized carbons (Fsp3) is 0.647. The Bertz CT molecular complexity index is 463. The van der Waals surface area contributed by atoms with Gasteiger partial charge in [0.2, 0.25) is 0 Å². The summed E-state index contributed by atoms with van der Waals surface area (Å²) >= 11 is 3.75. The molecule has 3 nitrogen and oxygen atoms in total. The first-order chi connectivity index (χ1) is 10.3. The summed E-state index contributed by atoms with van der Waals surface area (Å²) < 4.78 is 1.23. The largest absolute Gasteiger partial charge is 0.368 e. The summed E-state index contributed by atoms with van der Waals surface area (Å²) in [5, 5.41) is 3.21. The third-order valence-electron chi connectivity index (χ3n) is 4.89. The van der Waals surface area contributed by atoms with E-state index in [-0.39, 0.29) is 0 Å². The molecular formula is C17H26BrN3. The van der Waals surface area contributed by atoms with Gasteiger partial charge in [-0.15, -0.1) is 0 Å². The third kappa shape index (κ3) is 3.61. The van der Waals surface area contributed by atoms with Crippen LogP contribution in [-0.2, 0) is 6.54 Å². The molecule has 1 aliphatic heterocycles. The summed E-state index contributed by atoms with van der Waals surface area (Å²) in [4.78, 5) is 5.24. The van der Waals surface area contributed by atoms with Gasteiger partial charge >= 0.3 is 0 Å². The van der Waals surface area contributed by atoms with Crippen LogP contribution in [0, 0.1) is 0 Å². The molecule has 3 rings (SSSR count). The summed E-state index contributed by atoms with van der Waals surface area (Å²) in [6, 6.07) is 7.62. The van der Waals surface area contributed by atoms with Crippen molar-refractivity contribution in [3.8, 4) is 0 Å². The molecule has 1 aromatic carbocycles. The smallest absolute Gasteiger partial charge is 0.0511 e. The van der Waals surface area contributed by atoms with E-state index in [1.807, 2.05) is 7.05 Å². The molecule has 1 heterocycles. The zero-order valence-electron chi connectivity index (χ0n) is 12.9. The van der Waals surface area contributed by atoms with Crippen molar-refractivity contribution in [3.63, 3.8) is 0 Å². The van der Waals surface area contributed by atoms with E-state index in [9.17, 15) is 0 Å². The van der Waals surface area contributed by atoms with Crippen LogP contribution in [0.25, 0.3) is 0 Å². The molecule has 0 aromatic heterocycles. The molecule has 21 heavy (non-hydrogen) atoms. The predicted octanol–water partition coefficient (Wildman–Crippen LogP) is 3.23. The molecule has 2 fully saturated rings. The Kier molecular flexibility index (Phi) is 5.19. The van der Waals surface area contributed by atoms with Gasteiger partial charge in [-0.25, -0.2) is 0 Å². The van der Waals surface area contributed by atoms with E-state index in [1.54, 1.807) is 0 Å². The second-order valence-electron chi connectivity index (χ2n) is 6.28. The normalized spacial score (nSPS) is 21.1. The average molecular weight is 352 g/mol. The number of hydrogen-bond donors (Lipinski definition) is 1. The minimum absolute atomic E-state index is 0.869. The molecule has 1 N–H and O–H groups in total. The molecule has 2 aliphatic rings. The zero-order chi connectivity index (χ0) is 14.7. The Balaban J connectivity index is 1.61. The van der Waals surface area contributed by atoms with Gasteiger partial charge in [0, 0.05) is 43.2 Å². The molecule has 0 spiro atoms. The van der Waals surface area contributed by atoms with Crippen LogP contribution in [0.2, 0.25) is 0 Å². The Morgan fingerprint density at radius 3 is 2.48 bits per heavy atom. The van der Waals surface area contributed by atoms with Crippen molar-refractivity contribution in [2.24, 2.45) is 0 Å². The van der Waals surface area contributed by atoms with Crippen LogP contribution in [-0.4, -0.2) is 44.2 Å². The average Bonchev–Trinajstić information content (AvgIpc) is 3.02. The lowest BCUT2D eigenvalue weighted by molar-refractivity contribution is 0.187. The van der Waals surface area contributed by atoms with Gasteiger partial charge in [0.25, 0.3) is 0 Å². The number of nitrogens with one attached hydrogen (secondary N) is 1. The number of hydrogen-bond acceptors (Lipinski definition) is 3. The van der Waals surface area contributed by atoms with E-state index in [0.717, 1.165) is 25.7 Å². The zero-order valence-corrected chi connectivity index (χ0v) is 14.5. The second-order valence-corrected chi connectivity index (χ2v) is 7.13. The minimum atomic E-state index is 0.869. The first-order valence-corrected chi connectivity index (χ1v) is 8.99. The van der Waals surface area contributed by atoms with Crippen LogP contribution >= 0.6 is 15.9 Å². The summed E-state index contributed by atoms with van der Waals surface area (Å²) in [6.45, 7) is 5.67. The first-order valence-electron chi connectivity index (χ1n) is 8.20. The van der Waals surface area contributed by atoms with Gasteiger partial charge in [-0.05, 0) is 53.5 Å².